The van der Waals surface area contributed by atoms with E-state index in [1.165, 1.54) is 10.8 Å². The van der Waals surface area contributed by atoms with Gasteiger partial charge in [-0.2, -0.15) is 5.06 Å². The number of aryl methyl sites for hydroxylation is 1. The minimum Gasteiger partial charge on any atom is -0.395 e. The Morgan fingerprint density at radius 3 is 2.74 bits per heavy atom. The molecular weight excluding hydrogens is 298 g/mol. The number of hydroxylamine groups is 2. The van der Waals surface area contributed by atoms with Gasteiger partial charge in [0.15, 0.2) is 6.23 Å². The molecule has 2 atom stereocenters. The highest BCUT2D eigenvalue weighted by Crippen LogP contribution is 2.29. The topological polar surface area (TPSA) is 87.6 Å². The van der Waals surface area contributed by atoms with Crippen LogP contribution in [0, 0.1) is 6.92 Å². The number of benzene rings is 1. The lowest BCUT2D eigenvalue weighted by Crippen LogP contribution is -2.33. The Bertz CT molecular complexity index is 784. The highest BCUT2D eigenvalue weighted by molar-refractivity contribution is 5.14. The summed E-state index contributed by atoms with van der Waals surface area (Å²) >= 11 is 0. The van der Waals surface area contributed by atoms with E-state index in [9.17, 15) is 14.7 Å². The number of nitrogens with one attached hydrogen (secondary N) is 1. The third kappa shape index (κ3) is 3.26. The SMILES string of the molecule is Cc1cn([C@H]2C[C@@H](CO)N(Cc3ccccc3)O2)c(=O)[nH]c1=O. The predicted molar refractivity (Wildman–Crippen MR) is 83.7 cm³/mol. The zero-order valence-corrected chi connectivity index (χ0v) is 12.8. The van der Waals surface area contributed by atoms with Crippen molar-refractivity contribution in [1.29, 1.82) is 0 Å². The smallest absolute Gasteiger partial charge is 0.330 e. The van der Waals surface area contributed by atoms with Gasteiger partial charge in [0.2, 0.25) is 0 Å². The van der Waals surface area contributed by atoms with Crippen LogP contribution >= 0.6 is 0 Å². The molecule has 0 radical (unpaired) electrons. The van der Waals surface area contributed by atoms with E-state index in [4.69, 9.17) is 4.84 Å². The Hall–Kier alpha value is -2.22. The highest BCUT2D eigenvalue weighted by atomic mass is 16.7. The molecule has 0 saturated carbocycles. The molecule has 0 spiro atoms. The lowest BCUT2D eigenvalue weighted by atomic mass is 10.1. The second-order valence-electron chi connectivity index (χ2n) is 5.67. The second kappa shape index (κ2) is 6.49. The van der Waals surface area contributed by atoms with Gasteiger partial charge >= 0.3 is 5.69 Å². The van der Waals surface area contributed by atoms with Crippen LogP contribution in [0.2, 0.25) is 0 Å². The van der Waals surface area contributed by atoms with E-state index in [-0.39, 0.29) is 12.6 Å². The van der Waals surface area contributed by atoms with Crippen molar-refractivity contribution in [1.82, 2.24) is 14.6 Å². The number of rotatable bonds is 4. The van der Waals surface area contributed by atoms with Crippen LogP contribution in [-0.2, 0) is 11.4 Å². The van der Waals surface area contributed by atoms with Crippen molar-refractivity contribution < 1.29 is 9.94 Å². The van der Waals surface area contributed by atoms with E-state index >= 15 is 0 Å². The quantitative estimate of drug-likeness (QED) is 0.859. The monoisotopic (exact) mass is 317 g/mol. The Morgan fingerprint density at radius 2 is 2.04 bits per heavy atom. The van der Waals surface area contributed by atoms with Gasteiger partial charge in [0.05, 0.1) is 12.6 Å². The van der Waals surface area contributed by atoms with Crippen LogP contribution in [0.4, 0.5) is 0 Å². The molecule has 2 aromatic rings. The van der Waals surface area contributed by atoms with E-state index in [0.29, 0.717) is 18.5 Å². The first-order valence-corrected chi connectivity index (χ1v) is 7.48. The fourth-order valence-corrected chi connectivity index (χ4v) is 2.70. The van der Waals surface area contributed by atoms with E-state index in [0.717, 1.165) is 5.56 Å². The van der Waals surface area contributed by atoms with Crippen LogP contribution in [0.15, 0.2) is 46.1 Å². The molecule has 1 fully saturated rings. The van der Waals surface area contributed by atoms with Gasteiger partial charge in [-0.15, -0.1) is 0 Å². The maximum atomic E-state index is 12.0. The van der Waals surface area contributed by atoms with Crippen LogP contribution in [0.1, 0.15) is 23.8 Å². The van der Waals surface area contributed by atoms with Gasteiger partial charge in [-0.05, 0) is 12.5 Å². The molecule has 0 amide bonds. The maximum absolute atomic E-state index is 12.0. The molecule has 3 rings (SSSR count). The minimum absolute atomic E-state index is 0.0690. The summed E-state index contributed by atoms with van der Waals surface area (Å²) in [4.78, 5) is 31.6. The fourth-order valence-electron chi connectivity index (χ4n) is 2.70. The molecular formula is C16H19N3O4. The summed E-state index contributed by atoms with van der Waals surface area (Å²) in [5.74, 6) is 0. The number of aromatic nitrogens is 2. The van der Waals surface area contributed by atoms with E-state index in [1.807, 2.05) is 30.3 Å². The average Bonchev–Trinajstić information content (AvgIpc) is 2.94. The minimum atomic E-state index is -0.543. The van der Waals surface area contributed by atoms with Crippen LogP contribution in [0.25, 0.3) is 0 Å². The zero-order chi connectivity index (χ0) is 16.4. The summed E-state index contributed by atoms with van der Waals surface area (Å²) in [5.41, 5.74) is 0.583. The fraction of sp³-hybridized carbons (Fsp3) is 0.375. The zero-order valence-electron chi connectivity index (χ0n) is 12.8. The molecule has 122 valence electrons. The number of nitrogens with zero attached hydrogens (tertiary/aromatic N) is 2. The lowest BCUT2D eigenvalue weighted by Gasteiger charge is -2.21. The van der Waals surface area contributed by atoms with Crippen LogP contribution in [0.3, 0.4) is 0 Å². The molecule has 2 heterocycles. The molecule has 1 aromatic carbocycles. The molecule has 7 heteroatoms. The number of hydrogen-bond acceptors (Lipinski definition) is 5. The van der Waals surface area contributed by atoms with E-state index in [1.54, 1.807) is 12.0 Å². The number of hydrogen-bond donors (Lipinski definition) is 2. The van der Waals surface area contributed by atoms with Crippen molar-refractivity contribution >= 4 is 0 Å². The van der Waals surface area contributed by atoms with Gasteiger partial charge in [0.1, 0.15) is 0 Å². The molecule has 7 nitrogen and oxygen atoms in total. The first-order valence-electron chi connectivity index (χ1n) is 7.48. The summed E-state index contributed by atoms with van der Waals surface area (Å²) in [7, 11) is 0. The van der Waals surface area contributed by atoms with Gasteiger partial charge < -0.3 is 5.11 Å². The highest BCUT2D eigenvalue weighted by Gasteiger charge is 2.34. The summed E-state index contributed by atoms with van der Waals surface area (Å²) in [6.07, 6.45) is 1.42. The summed E-state index contributed by atoms with van der Waals surface area (Å²) in [6.45, 7) is 2.08. The van der Waals surface area contributed by atoms with Crippen molar-refractivity contribution in [3.05, 3.63) is 68.5 Å². The first kappa shape index (κ1) is 15.7. The molecule has 1 saturated heterocycles. The Kier molecular flexibility index (Phi) is 4.42. The molecule has 2 N–H and O–H groups in total. The Labute approximate surface area is 132 Å². The molecule has 0 aliphatic carbocycles. The summed E-state index contributed by atoms with van der Waals surface area (Å²) < 4.78 is 1.37. The summed E-state index contributed by atoms with van der Waals surface area (Å²) in [5, 5.41) is 11.3. The molecule has 23 heavy (non-hydrogen) atoms. The Morgan fingerprint density at radius 1 is 1.30 bits per heavy atom. The van der Waals surface area contributed by atoms with Crippen LogP contribution < -0.4 is 11.2 Å². The second-order valence-corrected chi connectivity index (χ2v) is 5.67. The van der Waals surface area contributed by atoms with Gasteiger partial charge in [0, 0.05) is 24.7 Å². The van der Waals surface area contributed by atoms with Crippen molar-refractivity contribution in [3.63, 3.8) is 0 Å². The molecule has 1 aliphatic rings. The van der Waals surface area contributed by atoms with Crippen LogP contribution in [-0.4, -0.2) is 32.4 Å². The summed E-state index contributed by atoms with van der Waals surface area (Å²) in [6, 6.07) is 9.55. The number of aliphatic hydroxyl groups excluding tert-OH is 1. The van der Waals surface area contributed by atoms with E-state index in [2.05, 4.69) is 4.98 Å². The van der Waals surface area contributed by atoms with Gasteiger partial charge in [-0.1, -0.05) is 30.3 Å². The number of H-pyrrole nitrogens is 1. The van der Waals surface area contributed by atoms with E-state index < -0.39 is 17.5 Å². The van der Waals surface area contributed by atoms with Crippen molar-refractivity contribution in [2.75, 3.05) is 6.61 Å². The van der Waals surface area contributed by atoms with Crippen molar-refractivity contribution in [2.45, 2.75) is 32.2 Å². The Balaban J connectivity index is 1.83. The standard InChI is InChI=1S/C16H19N3O4/c1-11-8-18(16(22)17-15(11)21)14-7-13(10-20)19(23-14)9-12-5-3-2-4-6-12/h2-6,8,13-14,20H,7,9-10H2,1H3,(H,17,21,22)/t13-,14+/m0/s1. The maximum Gasteiger partial charge on any atom is 0.330 e. The normalized spacial score (nSPS) is 21.7. The first-order chi connectivity index (χ1) is 11.1. The third-order valence-electron chi connectivity index (χ3n) is 3.99. The predicted octanol–water partition coefficient (Wildman–Crippen LogP) is 0.542. The third-order valence-corrected chi connectivity index (χ3v) is 3.99. The van der Waals surface area contributed by atoms with Gasteiger partial charge in [-0.25, -0.2) is 4.79 Å². The molecule has 1 aliphatic heterocycles. The largest absolute Gasteiger partial charge is 0.395 e. The number of aromatic amines is 1. The molecule has 0 unspecified atom stereocenters. The van der Waals surface area contributed by atoms with Crippen molar-refractivity contribution in [2.24, 2.45) is 0 Å². The van der Waals surface area contributed by atoms with Gasteiger partial charge in [-0.3, -0.25) is 19.2 Å². The number of aliphatic hydroxyl groups is 1. The average molecular weight is 317 g/mol. The molecule has 1 aromatic heterocycles. The lowest BCUT2D eigenvalue weighted by molar-refractivity contribution is -0.194. The van der Waals surface area contributed by atoms with Crippen LogP contribution in [0.5, 0.6) is 0 Å². The molecule has 0 bridgehead atoms. The van der Waals surface area contributed by atoms with Gasteiger partial charge in [0.25, 0.3) is 5.56 Å². The van der Waals surface area contributed by atoms with Crippen molar-refractivity contribution in [3.8, 4) is 0 Å².